The van der Waals surface area contributed by atoms with Crippen LogP contribution in [0, 0.1) is 6.92 Å². The van der Waals surface area contributed by atoms with Gasteiger partial charge in [-0.3, -0.25) is 0 Å². The van der Waals surface area contributed by atoms with Crippen LogP contribution >= 0.6 is 0 Å². The second-order valence-corrected chi connectivity index (χ2v) is 8.47. The molecule has 7 rings (SSSR count). The molecule has 4 aromatic heterocycles. The molecule has 36 heavy (non-hydrogen) atoms. The molecule has 176 valence electrons. The number of aryl methyl sites for hydroxylation is 1. The Labute approximate surface area is 205 Å². The average molecular weight is 476 g/mol. The molecule has 0 unspecified atom stereocenters. The molecule has 0 spiro atoms. The Morgan fingerprint density at radius 2 is 1.75 bits per heavy atom. The zero-order chi connectivity index (χ0) is 24.2. The van der Waals surface area contributed by atoms with Crippen molar-refractivity contribution < 1.29 is 13.9 Å². The van der Waals surface area contributed by atoms with Crippen molar-refractivity contribution in [2.45, 2.75) is 12.8 Å². The van der Waals surface area contributed by atoms with Crippen molar-refractivity contribution in [3.05, 3.63) is 102 Å². The van der Waals surface area contributed by atoms with Gasteiger partial charge in [0.25, 0.3) is 0 Å². The third-order valence-corrected chi connectivity index (χ3v) is 6.40. The first-order chi connectivity index (χ1) is 17.7. The minimum atomic E-state index is -0.331. The van der Waals surface area contributed by atoms with Crippen LogP contribution in [0.3, 0.4) is 0 Å². The molecule has 1 atom stereocenters. The van der Waals surface area contributed by atoms with E-state index < -0.39 is 0 Å². The number of rotatable bonds is 4. The van der Waals surface area contributed by atoms with Gasteiger partial charge >= 0.3 is 0 Å². The van der Waals surface area contributed by atoms with Crippen LogP contribution in [0.1, 0.15) is 28.5 Å². The summed E-state index contributed by atoms with van der Waals surface area (Å²) >= 11 is 0. The Kier molecular flexibility index (Phi) is 4.44. The maximum Gasteiger partial charge on any atom is 0.230 e. The minimum Gasteiger partial charge on any atom is -0.496 e. The molecule has 0 bridgehead atoms. The number of nitrogens with zero attached hydrogens (tertiary/aromatic N) is 6. The summed E-state index contributed by atoms with van der Waals surface area (Å²) in [6.45, 7) is 1.97. The van der Waals surface area contributed by atoms with Crippen LogP contribution in [0.2, 0.25) is 0 Å². The predicted octanol–water partition coefficient (Wildman–Crippen LogP) is 5.17. The van der Waals surface area contributed by atoms with Crippen LogP contribution < -0.4 is 9.47 Å². The Hall–Kier alpha value is -4.92. The van der Waals surface area contributed by atoms with Crippen molar-refractivity contribution in [1.29, 1.82) is 0 Å². The molecule has 0 saturated heterocycles. The number of benzene rings is 2. The predicted molar refractivity (Wildman–Crippen MR) is 131 cm³/mol. The molecule has 0 amide bonds. The smallest absolute Gasteiger partial charge is 0.230 e. The molecule has 2 aromatic carbocycles. The standard InChI is InChI=1S/C27H20N6O3/c1-16-21-22(20-13-8-14-35-20)23-25-29-24(18-11-6-7-12-19(18)34-2)31-32(25)15-28-26(23)36-27(21)33(30-16)17-9-4-3-5-10-17/h3-15,22H,1-2H3/t22-/m1/s1. The molecule has 0 saturated carbocycles. The van der Waals surface area contributed by atoms with Gasteiger partial charge in [0.2, 0.25) is 11.8 Å². The van der Waals surface area contributed by atoms with Crippen LogP contribution in [-0.2, 0) is 0 Å². The third-order valence-electron chi connectivity index (χ3n) is 6.40. The Bertz CT molecular complexity index is 1720. The minimum absolute atomic E-state index is 0.331. The summed E-state index contributed by atoms with van der Waals surface area (Å²) in [6, 6.07) is 21.4. The molecular formula is C27H20N6O3. The molecule has 0 aliphatic carbocycles. The number of ether oxygens (including phenoxy) is 2. The van der Waals surface area contributed by atoms with Gasteiger partial charge in [-0.05, 0) is 43.3 Å². The van der Waals surface area contributed by atoms with Gasteiger partial charge in [0.15, 0.2) is 11.5 Å². The maximum atomic E-state index is 6.42. The monoisotopic (exact) mass is 476 g/mol. The first kappa shape index (κ1) is 20.5. The van der Waals surface area contributed by atoms with Crippen LogP contribution in [0.25, 0.3) is 22.7 Å². The van der Waals surface area contributed by atoms with Gasteiger partial charge in [-0.2, -0.15) is 5.10 Å². The highest BCUT2D eigenvalue weighted by Crippen LogP contribution is 2.49. The molecule has 1 aliphatic heterocycles. The number of aromatic nitrogens is 6. The van der Waals surface area contributed by atoms with Gasteiger partial charge in [0.05, 0.1) is 47.4 Å². The van der Waals surface area contributed by atoms with Crippen LogP contribution in [0.15, 0.2) is 83.7 Å². The molecule has 0 radical (unpaired) electrons. The lowest BCUT2D eigenvalue weighted by Crippen LogP contribution is -2.15. The van der Waals surface area contributed by atoms with Crippen molar-refractivity contribution in [2.75, 3.05) is 7.11 Å². The van der Waals surface area contributed by atoms with Gasteiger partial charge < -0.3 is 13.9 Å². The van der Waals surface area contributed by atoms with Crippen molar-refractivity contribution in [1.82, 2.24) is 29.4 Å². The van der Waals surface area contributed by atoms with Gasteiger partial charge in [0.1, 0.15) is 17.8 Å². The highest BCUT2D eigenvalue weighted by molar-refractivity contribution is 5.70. The van der Waals surface area contributed by atoms with Gasteiger partial charge in [-0.15, -0.1) is 5.10 Å². The van der Waals surface area contributed by atoms with Crippen LogP contribution in [0.5, 0.6) is 17.5 Å². The zero-order valence-electron chi connectivity index (χ0n) is 19.5. The molecular weight excluding hydrogens is 456 g/mol. The molecule has 9 heteroatoms. The summed E-state index contributed by atoms with van der Waals surface area (Å²) in [7, 11) is 1.63. The second kappa shape index (κ2) is 7.81. The van der Waals surface area contributed by atoms with E-state index in [0.29, 0.717) is 29.0 Å². The van der Waals surface area contributed by atoms with E-state index >= 15 is 0 Å². The summed E-state index contributed by atoms with van der Waals surface area (Å²) in [5, 5.41) is 9.53. The van der Waals surface area contributed by atoms with Crippen molar-refractivity contribution >= 4 is 5.65 Å². The van der Waals surface area contributed by atoms with Crippen LogP contribution in [-0.4, -0.2) is 36.5 Å². The number of hydrogen-bond donors (Lipinski definition) is 0. The largest absolute Gasteiger partial charge is 0.496 e. The first-order valence-electron chi connectivity index (χ1n) is 11.5. The Morgan fingerprint density at radius 3 is 2.56 bits per heavy atom. The molecule has 5 heterocycles. The van der Waals surface area contributed by atoms with Gasteiger partial charge in [0, 0.05) is 0 Å². The molecule has 6 aromatic rings. The van der Waals surface area contributed by atoms with E-state index in [0.717, 1.165) is 33.8 Å². The lowest BCUT2D eigenvalue weighted by Gasteiger charge is -2.24. The molecule has 0 N–H and O–H groups in total. The van der Waals surface area contributed by atoms with E-state index in [1.807, 2.05) is 73.7 Å². The zero-order valence-corrected chi connectivity index (χ0v) is 19.5. The van der Waals surface area contributed by atoms with E-state index in [4.69, 9.17) is 29.1 Å². The van der Waals surface area contributed by atoms with Crippen molar-refractivity contribution in [2.24, 2.45) is 0 Å². The molecule has 1 aliphatic rings. The average Bonchev–Trinajstić information content (AvgIpc) is 3.67. The topological polar surface area (TPSA) is 92.5 Å². The highest BCUT2D eigenvalue weighted by atomic mass is 16.5. The van der Waals surface area contributed by atoms with Crippen LogP contribution in [0.4, 0.5) is 0 Å². The fraction of sp³-hybridized carbons (Fsp3) is 0.111. The first-order valence-corrected chi connectivity index (χ1v) is 11.5. The Balaban J connectivity index is 1.48. The third kappa shape index (κ3) is 2.96. The summed E-state index contributed by atoms with van der Waals surface area (Å²) in [6.07, 6.45) is 3.28. The summed E-state index contributed by atoms with van der Waals surface area (Å²) < 4.78 is 21.4. The second-order valence-electron chi connectivity index (χ2n) is 8.47. The number of para-hydroxylation sites is 2. The van der Waals surface area contributed by atoms with E-state index in [9.17, 15) is 0 Å². The summed E-state index contributed by atoms with van der Waals surface area (Å²) in [5.74, 6) is 2.68. The number of methoxy groups -OCH3 is 1. The van der Waals surface area contributed by atoms with E-state index in [-0.39, 0.29) is 5.92 Å². The lowest BCUT2D eigenvalue weighted by atomic mass is 9.88. The number of fused-ring (bicyclic) bond motifs is 4. The van der Waals surface area contributed by atoms with Gasteiger partial charge in [-0.25, -0.2) is 19.2 Å². The van der Waals surface area contributed by atoms with Crippen molar-refractivity contribution in [3.8, 4) is 34.6 Å². The van der Waals surface area contributed by atoms with Crippen molar-refractivity contribution in [3.63, 3.8) is 0 Å². The van der Waals surface area contributed by atoms with E-state index in [1.165, 1.54) is 0 Å². The number of furan rings is 1. The fourth-order valence-electron chi connectivity index (χ4n) is 4.81. The van der Waals surface area contributed by atoms with Gasteiger partial charge in [-0.1, -0.05) is 30.3 Å². The van der Waals surface area contributed by atoms with E-state index in [2.05, 4.69) is 4.98 Å². The lowest BCUT2D eigenvalue weighted by molar-refractivity contribution is 0.392. The fourth-order valence-corrected chi connectivity index (χ4v) is 4.81. The van der Waals surface area contributed by atoms with E-state index in [1.54, 1.807) is 28.9 Å². The highest BCUT2D eigenvalue weighted by Gasteiger charge is 2.39. The summed E-state index contributed by atoms with van der Waals surface area (Å²) in [5.41, 5.74) is 4.80. The normalized spacial score (nSPS) is 14.3. The summed E-state index contributed by atoms with van der Waals surface area (Å²) in [4.78, 5) is 9.54. The quantitative estimate of drug-likeness (QED) is 0.346. The molecule has 9 nitrogen and oxygen atoms in total. The Morgan fingerprint density at radius 1 is 0.917 bits per heavy atom. The SMILES string of the molecule is COc1ccccc1-c1nc2c3c(ncn2n1)Oc1c(c(C)nn1-c1ccccc1)[C@H]3c1ccco1. The molecule has 0 fully saturated rings. The maximum absolute atomic E-state index is 6.42. The number of hydrogen-bond acceptors (Lipinski definition) is 7.